The van der Waals surface area contributed by atoms with Gasteiger partial charge in [-0.25, -0.2) is 4.79 Å². The number of hydrogen-bond donors (Lipinski definition) is 1. The van der Waals surface area contributed by atoms with Crippen molar-refractivity contribution in [2.45, 2.75) is 20.4 Å². The number of amides is 1. The SMILES string of the molecule is CC.CN1CCN(c2ccc(N3Cc4cc(OCC(=O)O)ccc4C3=O)cc2)CC1. The van der Waals surface area contributed by atoms with Crippen LogP contribution in [0.5, 0.6) is 5.75 Å². The summed E-state index contributed by atoms with van der Waals surface area (Å²) < 4.78 is 5.22. The summed E-state index contributed by atoms with van der Waals surface area (Å²) in [5, 5.41) is 8.74. The highest BCUT2D eigenvalue weighted by atomic mass is 16.5. The van der Waals surface area contributed by atoms with Crippen LogP contribution in [0.3, 0.4) is 0 Å². The number of benzene rings is 2. The fraction of sp³-hybridized carbons (Fsp3) is 0.391. The molecule has 0 bridgehead atoms. The van der Waals surface area contributed by atoms with Gasteiger partial charge in [0.1, 0.15) is 5.75 Å². The van der Waals surface area contributed by atoms with Crippen LogP contribution in [-0.2, 0) is 11.3 Å². The molecular weight excluding hydrogens is 382 g/mol. The van der Waals surface area contributed by atoms with Gasteiger partial charge in [-0.05, 0) is 55.1 Å². The summed E-state index contributed by atoms with van der Waals surface area (Å²) in [6.45, 7) is 8.16. The molecule has 0 radical (unpaired) electrons. The fourth-order valence-corrected chi connectivity index (χ4v) is 3.65. The number of aliphatic carboxylic acids is 1. The normalized spacial score (nSPS) is 16.0. The van der Waals surface area contributed by atoms with Gasteiger partial charge in [-0.2, -0.15) is 0 Å². The molecule has 1 saturated heterocycles. The van der Waals surface area contributed by atoms with Gasteiger partial charge < -0.3 is 24.5 Å². The van der Waals surface area contributed by atoms with E-state index in [1.54, 1.807) is 23.1 Å². The third kappa shape index (κ3) is 4.74. The Bertz CT molecular complexity index is 890. The van der Waals surface area contributed by atoms with E-state index in [0.717, 1.165) is 37.4 Å². The van der Waals surface area contributed by atoms with Crippen molar-refractivity contribution in [2.75, 3.05) is 49.6 Å². The number of piperazine rings is 1. The Morgan fingerprint density at radius 3 is 2.27 bits per heavy atom. The molecule has 2 aliphatic rings. The lowest BCUT2D eigenvalue weighted by Gasteiger charge is -2.34. The maximum Gasteiger partial charge on any atom is 0.341 e. The van der Waals surface area contributed by atoms with Crippen LogP contribution in [0, 0.1) is 0 Å². The number of carbonyl (C=O) groups excluding carboxylic acids is 1. The van der Waals surface area contributed by atoms with E-state index in [-0.39, 0.29) is 5.91 Å². The molecule has 7 nitrogen and oxygen atoms in total. The van der Waals surface area contributed by atoms with E-state index in [0.29, 0.717) is 17.9 Å². The molecule has 2 heterocycles. The summed E-state index contributed by atoms with van der Waals surface area (Å²) >= 11 is 0. The minimum atomic E-state index is -1.03. The van der Waals surface area contributed by atoms with Crippen molar-refractivity contribution in [3.05, 3.63) is 53.6 Å². The zero-order valence-corrected chi connectivity index (χ0v) is 17.8. The number of carbonyl (C=O) groups is 2. The van der Waals surface area contributed by atoms with E-state index in [1.165, 1.54) is 5.69 Å². The Labute approximate surface area is 177 Å². The molecule has 2 aromatic carbocycles. The van der Waals surface area contributed by atoms with Crippen LogP contribution in [0.15, 0.2) is 42.5 Å². The highest BCUT2D eigenvalue weighted by molar-refractivity contribution is 6.10. The number of ether oxygens (including phenoxy) is 1. The van der Waals surface area contributed by atoms with Crippen LogP contribution in [0.25, 0.3) is 0 Å². The topological polar surface area (TPSA) is 73.3 Å². The first-order valence-electron chi connectivity index (χ1n) is 10.3. The third-order valence-electron chi connectivity index (χ3n) is 5.27. The minimum Gasteiger partial charge on any atom is -0.482 e. The molecule has 7 heteroatoms. The summed E-state index contributed by atoms with van der Waals surface area (Å²) in [6.07, 6.45) is 0. The second kappa shape index (κ2) is 9.63. The average Bonchev–Trinajstić information content (AvgIpc) is 3.10. The average molecular weight is 412 g/mol. The second-order valence-electron chi connectivity index (χ2n) is 7.20. The van der Waals surface area contributed by atoms with Crippen molar-refractivity contribution in [1.82, 2.24) is 4.90 Å². The molecule has 160 valence electrons. The van der Waals surface area contributed by atoms with E-state index in [4.69, 9.17) is 9.84 Å². The van der Waals surface area contributed by atoms with Gasteiger partial charge in [0, 0.05) is 43.1 Å². The summed E-state index contributed by atoms with van der Waals surface area (Å²) in [6, 6.07) is 13.2. The van der Waals surface area contributed by atoms with Gasteiger partial charge in [-0.3, -0.25) is 4.79 Å². The minimum absolute atomic E-state index is 0.0490. The lowest BCUT2D eigenvalue weighted by atomic mass is 10.1. The molecule has 1 fully saturated rings. The zero-order chi connectivity index (χ0) is 21.7. The quantitative estimate of drug-likeness (QED) is 0.815. The Kier molecular flexibility index (Phi) is 6.95. The van der Waals surface area contributed by atoms with Gasteiger partial charge in [-0.1, -0.05) is 13.8 Å². The molecule has 0 spiro atoms. The monoisotopic (exact) mass is 411 g/mol. The lowest BCUT2D eigenvalue weighted by Crippen LogP contribution is -2.44. The largest absolute Gasteiger partial charge is 0.482 e. The van der Waals surface area contributed by atoms with E-state index >= 15 is 0 Å². The van der Waals surface area contributed by atoms with Crippen LogP contribution in [0.4, 0.5) is 11.4 Å². The number of nitrogens with zero attached hydrogens (tertiary/aromatic N) is 3. The maximum absolute atomic E-state index is 12.8. The number of carboxylic acids is 1. The first kappa shape index (κ1) is 21.6. The third-order valence-corrected chi connectivity index (χ3v) is 5.27. The van der Waals surface area contributed by atoms with Crippen LogP contribution in [0.2, 0.25) is 0 Å². The van der Waals surface area contributed by atoms with Crippen LogP contribution in [-0.4, -0.2) is 61.7 Å². The van der Waals surface area contributed by atoms with Crippen LogP contribution < -0.4 is 14.5 Å². The second-order valence-corrected chi connectivity index (χ2v) is 7.20. The number of anilines is 2. The number of fused-ring (bicyclic) bond motifs is 1. The van der Waals surface area contributed by atoms with Gasteiger partial charge in [0.2, 0.25) is 0 Å². The highest BCUT2D eigenvalue weighted by Crippen LogP contribution is 2.32. The molecule has 0 aliphatic carbocycles. The predicted octanol–water partition coefficient (Wildman–Crippen LogP) is 3.09. The molecule has 1 amide bonds. The lowest BCUT2D eigenvalue weighted by molar-refractivity contribution is -0.139. The summed E-state index contributed by atoms with van der Waals surface area (Å²) in [7, 11) is 2.13. The molecule has 2 aliphatic heterocycles. The maximum atomic E-state index is 12.8. The van der Waals surface area contributed by atoms with Gasteiger partial charge in [0.05, 0.1) is 6.54 Å². The van der Waals surface area contributed by atoms with Crippen LogP contribution >= 0.6 is 0 Å². The number of likely N-dealkylation sites (N-methyl/N-ethyl adjacent to an activating group) is 1. The smallest absolute Gasteiger partial charge is 0.341 e. The van der Waals surface area contributed by atoms with E-state index in [9.17, 15) is 9.59 Å². The van der Waals surface area contributed by atoms with Crippen molar-refractivity contribution in [2.24, 2.45) is 0 Å². The van der Waals surface area contributed by atoms with Gasteiger partial charge in [0.15, 0.2) is 6.61 Å². The molecular formula is C23H29N3O4. The number of hydrogen-bond acceptors (Lipinski definition) is 5. The molecule has 1 N–H and O–H groups in total. The number of rotatable bonds is 5. The summed E-state index contributed by atoms with van der Waals surface area (Å²) in [5.74, 6) is -0.619. The van der Waals surface area contributed by atoms with E-state index in [2.05, 4.69) is 29.0 Å². The molecule has 0 atom stereocenters. The first-order chi connectivity index (χ1) is 14.5. The van der Waals surface area contributed by atoms with Crippen molar-refractivity contribution in [3.63, 3.8) is 0 Å². The summed E-state index contributed by atoms with van der Waals surface area (Å²) in [5.41, 5.74) is 3.50. The standard InChI is InChI=1S/C21H23N3O4.C2H6/c1-22-8-10-23(11-9-22)16-2-4-17(5-3-16)24-13-15-12-18(28-14-20(25)26)6-7-19(15)21(24)27;1-2/h2-7,12H,8-11,13-14H2,1H3,(H,25,26);1-2H3. The number of carboxylic acid groups (broad SMARTS) is 1. The Hall–Kier alpha value is -3.06. The Balaban J connectivity index is 0.00000124. The zero-order valence-electron chi connectivity index (χ0n) is 17.8. The highest BCUT2D eigenvalue weighted by Gasteiger charge is 2.29. The molecule has 0 saturated carbocycles. The predicted molar refractivity (Wildman–Crippen MR) is 118 cm³/mol. The molecule has 4 rings (SSSR count). The van der Waals surface area contributed by atoms with E-state index < -0.39 is 12.6 Å². The van der Waals surface area contributed by atoms with Crippen molar-refractivity contribution < 1.29 is 19.4 Å². The Morgan fingerprint density at radius 2 is 1.63 bits per heavy atom. The van der Waals surface area contributed by atoms with Crippen molar-refractivity contribution >= 4 is 23.3 Å². The van der Waals surface area contributed by atoms with Crippen LogP contribution in [0.1, 0.15) is 29.8 Å². The Morgan fingerprint density at radius 1 is 1.00 bits per heavy atom. The van der Waals surface area contributed by atoms with E-state index in [1.807, 2.05) is 26.0 Å². The molecule has 2 aromatic rings. The fourth-order valence-electron chi connectivity index (χ4n) is 3.65. The molecule has 0 unspecified atom stereocenters. The molecule has 30 heavy (non-hydrogen) atoms. The van der Waals surface area contributed by atoms with Crippen molar-refractivity contribution in [3.8, 4) is 5.75 Å². The molecule has 0 aromatic heterocycles. The van der Waals surface area contributed by atoms with Gasteiger partial charge in [0.25, 0.3) is 5.91 Å². The van der Waals surface area contributed by atoms with Gasteiger partial charge >= 0.3 is 5.97 Å². The first-order valence-corrected chi connectivity index (χ1v) is 10.3. The van der Waals surface area contributed by atoms with Crippen molar-refractivity contribution in [1.29, 1.82) is 0 Å². The van der Waals surface area contributed by atoms with Gasteiger partial charge in [-0.15, -0.1) is 0 Å². The summed E-state index contributed by atoms with van der Waals surface area (Å²) in [4.78, 5) is 29.8.